The molecule has 2 aromatic carbocycles. The Morgan fingerprint density at radius 3 is 2.57 bits per heavy atom. The van der Waals surface area contributed by atoms with Gasteiger partial charge in [0.25, 0.3) is 5.91 Å². The molecule has 0 radical (unpaired) electrons. The average Bonchev–Trinajstić information content (AvgIpc) is 3.26. The molecule has 144 valence electrons. The van der Waals surface area contributed by atoms with E-state index in [9.17, 15) is 9.59 Å². The number of ether oxygens (including phenoxy) is 2. The van der Waals surface area contributed by atoms with Crippen molar-refractivity contribution in [2.24, 2.45) is 0 Å². The van der Waals surface area contributed by atoms with Gasteiger partial charge in [0.2, 0.25) is 5.91 Å². The summed E-state index contributed by atoms with van der Waals surface area (Å²) in [7, 11) is 0. The fourth-order valence-electron chi connectivity index (χ4n) is 3.35. The molecule has 2 aromatic rings. The third-order valence-corrected chi connectivity index (χ3v) is 4.76. The predicted molar refractivity (Wildman–Crippen MR) is 107 cm³/mol. The third-order valence-electron chi connectivity index (χ3n) is 4.76. The first-order valence-electron chi connectivity index (χ1n) is 9.47. The van der Waals surface area contributed by atoms with Gasteiger partial charge in [-0.05, 0) is 54.8 Å². The van der Waals surface area contributed by atoms with Crippen molar-refractivity contribution in [1.29, 1.82) is 0 Å². The second-order valence-electron chi connectivity index (χ2n) is 6.81. The molecule has 28 heavy (non-hydrogen) atoms. The van der Waals surface area contributed by atoms with Crippen LogP contribution in [0.4, 0.5) is 5.69 Å². The van der Waals surface area contributed by atoms with E-state index in [1.54, 1.807) is 30.3 Å². The van der Waals surface area contributed by atoms with E-state index < -0.39 is 0 Å². The number of likely N-dealkylation sites (tertiary alicyclic amines) is 1. The molecule has 0 aromatic heterocycles. The lowest BCUT2D eigenvalue weighted by Crippen LogP contribution is -2.27. The molecule has 4 rings (SSSR count). The Labute approximate surface area is 163 Å². The number of hydrogen-bond donors (Lipinski definition) is 1. The van der Waals surface area contributed by atoms with E-state index in [4.69, 9.17) is 9.47 Å². The maximum atomic E-state index is 12.5. The van der Waals surface area contributed by atoms with Crippen LogP contribution in [0.1, 0.15) is 28.8 Å². The fourth-order valence-corrected chi connectivity index (χ4v) is 3.35. The molecule has 0 aliphatic carbocycles. The van der Waals surface area contributed by atoms with Crippen LogP contribution in [-0.4, -0.2) is 43.0 Å². The third kappa shape index (κ3) is 4.17. The van der Waals surface area contributed by atoms with Crippen molar-refractivity contribution in [3.8, 4) is 11.5 Å². The van der Waals surface area contributed by atoms with Crippen LogP contribution in [0.5, 0.6) is 11.5 Å². The van der Waals surface area contributed by atoms with Gasteiger partial charge >= 0.3 is 0 Å². The summed E-state index contributed by atoms with van der Waals surface area (Å²) in [6.07, 6.45) is 5.27. The van der Waals surface area contributed by atoms with E-state index >= 15 is 0 Å². The van der Waals surface area contributed by atoms with Crippen molar-refractivity contribution < 1.29 is 19.1 Å². The number of benzene rings is 2. The standard InChI is InChI=1S/C22H22N2O4/c25-21(9-7-16-6-8-19-20(14-16)28-13-12-27-19)23-18-5-3-4-17(15-18)22(26)24-10-1-2-11-24/h3-9,14-15H,1-2,10-13H2,(H,23,25)/b9-7+. The number of amides is 2. The van der Waals surface area contributed by atoms with Gasteiger partial charge in [-0.25, -0.2) is 0 Å². The average molecular weight is 378 g/mol. The number of hydrogen-bond acceptors (Lipinski definition) is 4. The lowest BCUT2D eigenvalue weighted by Gasteiger charge is -2.18. The van der Waals surface area contributed by atoms with Gasteiger partial charge in [-0.15, -0.1) is 0 Å². The largest absolute Gasteiger partial charge is 0.486 e. The van der Waals surface area contributed by atoms with Crippen LogP contribution in [-0.2, 0) is 4.79 Å². The molecule has 1 saturated heterocycles. The van der Waals surface area contributed by atoms with Crippen LogP contribution < -0.4 is 14.8 Å². The number of carbonyl (C=O) groups is 2. The minimum atomic E-state index is -0.263. The molecule has 0 saturated carbocycles. The monoisotopic (exact) mass is 378 g/mol. The second-order valence-corrected chi connectivity index (χ2v) is 6.81. The molecular weight excluding hydrogens is 356 g/mol. The van der Waals surface area contributed by atoms with E-state index in [1.165, 1.54) is 6.08 Å². The van der Waals surface area contributed by atoms with Gasteiger partial charge < -0.3 is 19.7 Å². The van der Waals surface area contributed by atoms with Crippen LogP contribution in [0.3, 0.4) is 0 Å². The molecule has 0 unspecified atom stereocenters. The van der Waals surface area contributed by atoms with Gasteiger partial charge in [0.1, 0.15) is 13.2 Å². The van der Waals surface area contributed by atoms with Gasteiger partial charge in [0, 0.05) is 30.4 Å². The van der Waals surface area contributed by atoms with Crippen molar-refractivity contribution in [3.63, 3.8) is 0 Å². The normalized spacial score (nSPS) is 15.6. The lowest BCUT2D eigenvalue weighted by atomic mass is 10.1. The topological polar surface area (TPSA) is 67.9 Å². The minimum absolute atomic E-state index is 0.0143. The van der Waals surface area contributed by atoms with Crippen LogP contribution >= 0.6 is 0 Å². The quantitative estimate of drug-likeness (QED) is 0.829. The molecule has 2 amide bonds. The predicted octanol–water partition coefficient (Wildman–Crippen LogP) is 3.35. The second kappa shape index (κ2) is 8.17. The Bertz CT molecular complexity index is 917. The molecule has 2 aliphatic rings. The van der Waals surface area contributed by atoms with Gasteiger partial charge in [0.15, 0.2) is 11.5 Å². The van der Waals surface area contributed by atoms with E-state index in [0.717, 1.165) is 31.5 Å². The summed E-state index contributed by atoms with van der Waals surface area (Å²) in [6.45, 7) is 2.67. The molecular formula is C22H22N2O4. The SMILES string of the molecule is O=C(/C=C/c1ccc2c(c1)OCCO2)Nc1cccc(C(=O)N2CCCC2)c1. The number of anilines is 1. The zero-order chi connectivity index (χ0) is 19.3. The van der Waals surface area contributed by atoms with Crippen molar-refractivity contribution in [3.05, 3.63) is 59.7 Å². The first kappa shape index (κ1) is 18.1. The molecule has 6 heteroatoms. The Morgan fingerprint density at radius 1 is 0.964 bits per heavy atom. The highest BCUT2D eigenvalue weighted by atomic mass is 16.6. The van der Waals surface area contributed by atoms with Gasteiger partial charge in [-0.2, -0.15) is 0 Å². The number of fused-ring (bicyclic) bond motifs is 1. The Kier molecular flexibility index (Phi) is 5.28. The van der Waals surface area contributed by atoms with E-state index in [2.05, 4.69) is 5.32 Å². The summed E-state index contributed by atoms with van der Waals surface area (Å²) in [5.74, 6) is 1.15. The number of nitrogens with one attached hydrogen (secondary N) is 1. The number of rotatable bonds is 4. The van der Waals surface area contributed by atoms with Gasteiger partial charge in [0.05, 0.1) is 0 Å². The summed E-state index contributed by atoms with van der Waals surface area (Å²) >= 11 is 0. The zero-order valence-corrected chi connectivity index (χ0v) is 15.5. The summed E-state index contributed by atoms with van der Waals surface area (Å²) in [5, 5.41) is 2.81. The maximum absolute atomic E-state index is 12.5. The van der Waals surface area contributed by atoms with Gasteiger partial charge in [-0.1, -0.05) is 12.1 Å². The van der Waals surface area contributed by atoms with E-state index in [0.29, 0.717) is 36.0 Å². The molecule has 2 heterocycles. The van der Waals surface area contributed by atoms with Crippen LogP contribution in [0.15, 0.2) is 48.5 Å². The fraction of sp³-hybridized carbons (Fsp3) is 0.273. The molecule has 2 aliphatic heterocycles. The van der Waals surface area contributed by atoms with Crippen molar-refractivity contribution in [2.75, 3.05) is 31.6 Å². The minimum Gasteiger partial charge on any atom is -0.486 e. The van der Waals surface area contributed by atoms with Gasteiger partial charge in [-0.3, -0.25) is 9.59 Å². The summed E-state index contributed by atoms with van der Waals surface area (Å²) in [4.78, 5) is 26.6. The zero-order valence-electron chi connectivity index (χ0n) is 15.5. The highest BCUT2D eigenvalue weighted by Crippen LogP contribution is 2.31. The molecule has 0 bridgehead atoms. The molecule has 6 nitrogen and oxygen atoms in total. The first-order valence-corrected chi connectivity index (χ1v) is 9.47. The summed E-state index contributed by atoms with van der Waals surface area (Å²) in [5.41, 5.74) is 2.04. The number of carbonyl (C=O) groups excluding carboxylic acids is 2. The lowest BCUT2D eigenvalue weighted by molar-refractivity contribution is -0.111. The Balaban J connectivity index is 1.40. The highest BCUT2D eigenvalue weighted by molar-refractivity contribution is 6.03. The van der Waals surface area contributed by atoms with Crippen LogP contribution in [0.2, 0.25) is 0 Å². The molecule has 0 spiro atoms. The molecule has 1 N–H and O–H groups in total. The Morgan fingerprint density at radius 2 is 1.75 bits per heavy atom. The molecule has 1 fully saturated rings. The smallest absolute Gasteiger partial charge is 0.253 e. The first-order chi connectivity index (χ1) is 13.7. The van der Waals surface area contributed by atoms with Crippen LogP contribution in [0.25, 0.3) is 6.08 Å². The molecule has 0 atom stereocenters. The number of nitrogens with zero attached hydrogens (tertiary/aromatic N) is 1. The van der Waals surface area contributed by atoms with Crippen LogP contribution in [0, 0.1) is 0 Å². The van der Waals surface area contributed by atoms with E-state index in [-0.39, 0.29) is 11.8 Å². The Hall–Kier alpha value is -3.28. The maximum Gasteiger partial charge on any atom is 0.253 e. The summed E-state index contributed by atoms with van der Waals surface area (Å²) < 4.78 is 11.0. The van der Waals surface area contributed by atoms with E-state index in [1.807, 2.05) is 23.1 Å². The highest BCUT2D eigenvalue weighted by Gasteiger charge is 2.19. The van der Waals surface area contributed by atoms with Crippen molar-refractivity contribution in [2.45, 2.75) is 12.8 Å². The summed E-state index contributed by atoms with van der Waals surface area (Å²) in [6, 6.07) is 12.6. The van der Waals surface area contributed by atoms with Crippen molar-refractivity contribution >= 4 is 23.6 Å². The van der Waals surface area contributed by atoms with Crippen molar-refractivity contribution in [1.82, 2.24) is 4.90 Å².